The number of alkyl halides is 3. The van der Waals surface area contributed by atoms with Crippen LogP contribution in [0.1, 0.15) is 42.6 Å². The average molecular weight is 477 g/mol. The van der Waals surface area contributed by atoms with E-state index in [0.29, 0.717) is 28.3 Å². The Bertz CT molecular complexity index is 1190. The van der Waals surface area contributed by atoms with E-state index in [1.807, 2.05) is 12.3 Å². The van der Waals surface area contributed by atoms with Crippen LogP contribution < -0.4 is 9.80 Å². The van der Waals surface area contributed by atoms with Crippen molar-refractivity contribution in [2.24, 2.45) is 0 Å². The highest BCUT2D eigenvalue weighted by atomic mass is 32.1. The van der Waals surface area contributed by atoms with Crippen LogP contribution in [0.15, 0.2) is 24.5 Å². The number of hydrogen-bond acceptors (Lipinski definition) is 7. The summed E-state index contributed by atoms with van der Waals surface area (Å²) < 4.78 is 43.9. The van der Waals surface area contributed by atoms with Crippen molar-refractivity contribution < 1.29 is 18.0 Å². The molecule has 0 aromatic carbocycles. The molecule has 0 unspecified atom stereocenters. The molecule has 1 aliphatic rings. The smallest absolute Gasteiger partial charge is 0.368 e. The lowest BCUT2D eigenvalue weighted by atomic mass is 10.1. The zero-order valence-corrected chi connectivity index (χ0v) is 19.5. The number of carbonyl (C=O) groups excluding carboxylic acids is 1. The van der Waals surface area contributed by atoms with Gasteiger partial charge in [0.1, 0.15) is 10.7 Å². The number of fused-ring (bicyclic) bond motifs is 1. The Morgan fingerprint density at radius 1 is 1.24 bits per heavy atom. The molecular weight excluding hydrogens is 453 g/mol. The van der Waals surface area contributed by atoms with Crippen molar-refractivity contribution in [2.45, 2.75) is 45.8 Å². The van der Waals surface area contributed by atoms with E-state index >= 15 is 0 Å². The molecule has 174 valence electrons. The van der Waals surface area contributed by atoms with Crippen LogP contribution in [0.5, 0.6) is 0 Å². The first-order valence-electron chi connectivity index (χ1n) is 10.4. The fourth-order valence-corrected chi connectivity index (χ4v) is 4.41. The normalized spacial score (nSPS) is 13.5. The molecule has 0 atom stereocenters. The van der Waals surface area contributed by atoms with Crippen molar-refractivity contribution in [3.05, 3.63) is 46.4 Å². The van der Waals surface area contributed by atoms with Crippen LogP contribution >= 0.6 is 11.5 Å². The van der Waals surface area contributed by atoms with E-state index in [-0.39, 0.29) is 12.1 Å². The summed E-state index contributed by atoms with van der Waals surface area (Å²) in [5, 5.41) is 0.568. The van der Waals surface area contributed by atoms with Crippen LogP contribution in [0, 0.1) is 0 Å². The quantitative estimate of drug-likeness (QED) is 0.545. The summed E-state index contributed by atoms with van der Waals surface area (Å²) in [6.45, 7) is 6.51. The molecule has 7 nitrogen and oxygen atoms in total. The molecule has 0 bridgehead atoms. The summed E-state index contributed by atoms with van der Waals surface area (Å²) in [6, 6.07) is 3.29. The number of carbonyl (C=O) groups is 1. The van der Waals surface area contributed by atoms with E-state index in [2.05, 4.69) is 38.1 Å². The van der Waals surface area contributed by atoms with Gasteiger partial charge in [0.15, 0.2) is 5.82 Å². The van der Waals surface area contributed by atoms with E-state index in [9.17, 15) is 18.0 Å². The first-order valence-corrected chi connectivity index (χ1v) is 11.2. The second-order valence-corrected chi connectivity index (χ2v) is 9.03. The summed E-state index contributed by atoms with van der Waals surface area (Å²) >= 11 is 1.14. The summed E-state index contributed by atoms with van der Waals surface area (Å²) in [5.41, 5.74) is 2.46. The zero-order valence-electron chi connectivity index (χ0n) is 18.6. The van der Waals surface area contributed by atoms with Crippen LogP contribution in [-0.2, 0) is 23.8 Å². The van der Waals surface area contributed by atoms with Gasteiger partial charge in [0, 0.05) is 51.1 Å². The third-order valence-corrected chi connectivity index (χ3v) is 6.35. The van der Waals surface area contributed by atoms with Crippen LogP contribution in [0.3, 0.4) is 0 Å². The minimum Gasteiger partial charge on any atom is -0.368 e. The fraction of sp³-hybridized carbons (Fsp3) is 0.409. The maximum absolute atomic E-state index is 13.2. The third-order valence-electron chi connectivity index (χ3n) is 5.64. The summed E-state index contributed by atoms with van der Waals surface area (Å²) in [4.78, 5) is 28.4. The maximum Gasteiger partial charge on any atom is 0.417 e. The van der Waals surface area contributed by atoms with Gasteiger partial charge in [-0.1, -0.05) is 0 Å². The molecule has 4 heterocycles. The largest absolute Gasteiger partial charge is 0.417 e. The van der Waals surface area contributed by atoms with Gasteiger partial charge in [0.05, 0.1) is 16.9 Å². The number of halogens is 3. The summed E-state index contributed by atoms with van der Waals surface area (Å²) in [6.07, 6.45) is -0.840. The molecule has 11 heteroatoms. The predicted molar refractivity (Wildman–Crippen MR) is 120 cm³/mol. The summed E-state index contributed by atoms with van der Waals surface area (Å²) in [7, 11) is 1.42. The van der Waals surface area contributed by atoms with E-state index in [1.54, 1.807) is 0 Å². The van der Waals surface area contributed by atoms with Crippen LogP contribution in [0.2, 0.25) is 0 Å². The highest BCUT2D eigenvalue weighted by molar-refractivity contribution is 7.05. The minimum absolute atomic E-state index is 0.0947. The van der Waals surface area contributed by atoms with Crippen molar-refractivity contribution in [1.29, 1.82) is 0 Å². The zero-order chi connectivity index (χ0) is 23.9. The van der Waals surface area contributed by atoms with E-state index in [0.717, 1.165) is 47.3 Å². The topological polar surface area (TPSA) is 75.1 Å². The van der Waals surface area contributed by atoms with Gasteiger partial charge in [-0.25, -0.2) is 4.98 Å². The highest BCUT2D eigenvalue weighted by Crippen LogP contribution is 2.34. The van der Waals surface area contributed by atoms with Gasteiger partial charge in [-0.15, -0.1) is 0 Å². The van der Waals surface area contributed by atoms with Crippen LogP contribution in [0.4, 0.5) is 24.5 Å². The molecule has 3 aromatic rings. The van der Waals surface area contributed by atoms with Gasteiger partial charge in [0.25, 0.3) is 0 Å². The number of rotatable bonds is 5. The van der Waals surface area contributed by atoms with E-state index in [4.69, 9.17) is 0 Å². The molecule has 0 radical (unpaired) electrons. The Labute approximate surface area is 193 Å². The Morgan fingerprint density at radius 2 is 2.00 bits per heavy atom. The number of aromatic nitrogens is 4. The predicted octanol–water partition coefficient (Wildman–Crippen LogP) is 4.36. The van der Waals surface area contributed by atoms with Crippen molar-refractivity contribution >= 4 is 28.8 Å². The minimum atomic E-state index is -4.56. The van der Waals surface area contributed by atoms with Crippen LogP contribution in [-0.4, -0.2) is 44.9 Å². The first-order chi connectivity index (χ1) is 15.5. The monoisotopic (exact) mass is 476 g/mol. The lowest BCUT2D eigenvalue weighted by Crippen LogP contribution is -2.28. The molecule has 0 N–H and O–H groups in total. The lowest BCUT2D eigenvalue weighted by molar-refractivity contribution is -0.137. The molecule has 1 aliphatic heterocycles. The average Bonchev–Trinajstić information content (AvgIpc) is 3.39. The van der Waals surface area contributed by atoms with Crippen molar-refractivity contribution in [3.8, 4) is 11.5 Å². The molecule has 0 fully saturated rings. The third kappa shape index (κ3) is 4.68. The molecular formula is C22H23F3N6OS. The van der Waals surface area contributed by atoms with E-state index < -0.39 is 17.6 Å². The second kappa shape index (κ2) is 8.69. The van der Waals surface area contributed by atoms with Gasteiger partial charge in [-0.05, 0) is 49.5 Å². The second-order valence-electron chi connectivity index (χ2n) is 8.19. The maximum atomic E-state index is 13.2. The SMILES string of the molecule is CC(=O)N(C)c1cc(C(F)(F)F)cnc1Cc1nc(-c2cc3c(cn2)CCN3C(C)C)ns1. The Kier molecular flexibility index (Phi) is 6.08. The number of nitrogens with zero attached hydrogens (tertiary/aromatic N) is 6. The van der Waals surface area contributed by atoms with Crippen molar-refractivity contribution in [3.63, 3.8) is 0 Å². The van der Waals surface area contributed by atoms with Gasteiger partial charge < -0.3 is 9.80 Å². The molecule has 0 aliphatic carbocycles. The Hall–Kier alpha value is -3.08. The van der Waals surface area contributed by atoms with Gasteiger partial charge in [-0.2, -0.15) is 17.5 Å². The van der Waals surface area contributed by atoms with Crippen LogP contribution in [0.25, 0.3) is 11.5 Å². The van der Waals surface area contributed by atoms with Gasteiger partial charge >= 0.3 is 6.18 Å². The number of hydrogen-bond donors (Lipinski definition) is 0. The first kappa shape index (κ1) is 23.1. The van der Waals surface area contributed by atoms with Gasteiger partial charge in [-0.3, -0.25) is 14.8 Å². The molecule has 0 spiro atoms. The molecule has 3 aromatic heterocycles. The molecule has 1 amide bonds. The standard InChI is InChI=1S/C22H23F3N6OS/c1-12(2)31-6-5-14-10-26-17(8-18(14)31)21-28-20(33-29-21)9-16-19(30(4)13(3)32)7-15(11-27-16)22(23,24)25/h7-8,10-12H,5-6,9H2,1-4H3. The number of anilines is 2. The fourth-order valence-electron chi connectivity index (χ4n) is 3.76. The molecule has 0 saturated heterocycles. The molecule has 33 heavy (non-hydrogen) atoms. The highest BCUT2D eigenvalue weighted by Gasteiger charge is 2.32. The Morgan fingerprint density at radius 3 is 2.67 bits per heavy atom. The lowest BCUT2D eigenvalue weighted by Gasteiger charge is -2.23. The Balaban J connectivity index is 1.63. The molecule has 4 rings (SSSR count). The molecule has 0 saturated carbocycles. The number of amides is 1. The van der Waals surface area contributed by atoms with Crippen molar-refractivity contribution in [1.82, 2.24) is 19.3 Å². The van der Waals surface area contributed by atoms with Gasteiger partial charge in [0.2, 0.25) is 5.91 Å². The van der Waals surface area contributed by atoms with Crippen molar-refractivity contribution in [2.75, 3.05) is 23.4 Å². The van der Waals surface area contributed by atoms with E-state index in [1.165, 1.54) is 19.5 Å². The summed E-state index contributed by atoms with van der Waals surface area (Å²) in [5.74, 6) is 0.0640. The number of pyridine rings is 2.